The number of carbonyl (C=O) groups excluding carboxylic acids is 2. The van der Waals surface area contributed by atoms with Crippen molar-refractivity contribution >= 4 is 45.0 Å². The molecule has 58 heavy (non-hydrogen) atoms. The van der Waals surface area contributed by atoms with Gasteiger partial charge >= 0.3 is 0 Å². The zero-order chi connectivity index (χ0) is 39.3. The largest absolute Gasteiger partial charge is 0.308 e. The molecule has 270 valence electrons. The summed E-state index contributed by atoms with van der Waals surface area (Å²) in [7, 11) is 0. The summed E-state index contributed by atoms with van der Waals surface area (Å²) < 4.78 is 2.05. The molecule has 0 atom stereocenters. The number of carbonyl (C=O) groups is 2. The number of nitriles is 1. The maximum atomic E-state index is 14.9. The van der Waals surface area contributed by atoms with Gasteiger partial charge in [0.25, 0.3) is 11.8 Å². The molecular weight excluding hydrogens is 713 g/mol. The molecule has 0 saturated heterocycles. The van der Waals surface area contributed by atoms with Crippen LogP contribution in [0.1, 0.15) is 26.3 Å². The number of para-hydroxylation sites is 1. The molecule has 1 aliphatic rings. The predicted molar refractivity (Wildman–Crippen MR) is 231 cm³/mol. The minimum Gasteiger partial charge on any atom is -0.308 e. The van der Waals surface area contributed by atoms with Crippen LogP contribution in [0, 0.1) is 17.9 Å². The lowest BCUT2D eigenvalue weighted by Gasteiger charge is -2.18. The number of anilines is 1. The fourth-order valence-electron chi connectivity index (χ4n) is 8.29. The highest BCUT2D eigenvalue weighted by molar-refractivity contribution is 6.36. The third-order valence-corrected chi connectivity index (χ3v) is 11.0. The molecule has 9 aromatic rings. The van der Waals surface area contributed by atoms with Gasteiger partial charge in [-0.1, -0.05) is 121 Å². The Labute approximate surface area is 334 Å². The topological polar surface area (TPSA) is 70.5 Å². The van der Waals surface area contributed by atoms with Gasteiger partial charge in [-0.3, -0.25) is 9.59 Å². The molecular formula is C52H30N4O2. The molecule has 8 aromatic carbocycles. The lowest BCUT2D eigenvalue weighted by Crippen LogP contribution is -2.29. The Morgan fingerprint density at radius 1 is 0.483 bits per heavy atom. The first kappa shape index (κ1) is 34.2. The van der Waals surface area contributed by atoms with Crippen molar-refractivity contribution in [2.75, 3.05) is 4.90 Å². The third-order valence-electron chi connectivity index (χ3n) is 11.0. The van der Waals surface area contributed by atoms with E-state index in [1.54, 1.807) is 6.07 Å². The molecule has 0 fully saturated rings. The van der Waals surface area contributed by atoms with Gasteiger partial charge in [-0.2, -0.15) is 5.26 Å². The van der Waals surface area contributed by atoms with Gasteiger partial charge in [0.1, 0.15) is 0 Å². The van der Waals surface area contributed by atoms with Crippen molar-refractivity contribution < 1.29 is 9.59 Å². The molecule has 6 heteroatoms. The summed E-state index contributed by atoms with van der Waals surface area (Å²) in [5.41, 5.74) is 11.6. The minimum atomic E-state index is -0.406. The Balaban J connectivity index is 1.18. The van der Waals surface area contributed by atoms with Gasteiger partial charge < -0.3 is 4.57 Å². The molecule has 0 unspecified atom stereocenters. The zero-order valence-corrected chi connectivity index (χ0v) is 30.9. The van der Waals surface area contributed by atoms with Crippen LogP contribution in [0.3, 0.4) is 0 Å². The molecule has 0 aliphatic carbocycles. The number of aromatic nitrogens is 1. The molecule has 0 radical (unpaired) electrons. The average Bonchev–Trinajstić information content (AvgIpc) is 3.75. The van der Waals surface area contributed by atoms with E-state index >= 15 is 0 Å². The first-order valence-corrected chi connectivity index (χ1v) is 18.8. The molecule has 2 heterocycles. The number of rotatable bonds is 6. The Morgan fingerprint density at radius 2 is 1.03 bits per heavy atom. The predicted octanol–water partition coefficient (Wildman–Crippen LogP) is 12.7. The summed E-state index contributed by atoms with van der Waals surface area (Å²) in [6, 6.07) is 60.8. The molecule has 6 nitrogen and oxygen atoms in total. The average molecular weight is 743 g/mol. The van der Waals surface area contributed by atoms with Crippen LogP contribution >= 0.6 is 0 Å². The quantitative estimate of drug-likeness (QED) is 0.126. The first-order chi connectivity index (χ1) is 28.5. The van der Waals surface area contributed by atoms with Gasteiger partial charge in [0.15, 0.2) is 5.69 Å². The van der Waals surface area contributed by atoms with E-state index in [2.05, 4.69) is 33.7 Å². The zero-order valence-electron chi connectivity index (χ0n) is 30.9. The molecule has 0 bridgehead atoms. The van der Waals surface area contributed by atoms with E-state index in [-0.39, 0.29) is 5.91 Å². The third kappa shape index (κ3) is 5.48. The van der Waals surface area contributed by atoms with Crippen LogP contribution in [0.2, 0.25) is 0 Å². The van der Waals surface area contributed by atoms with Crippen molar-refractivity contribution in [2.24, 2.45) is 0 Å². The number of fused-ring (bicyclic) bond motifs is 4. The Kier molecular flexibility index (Phi) is 8.11. The van der Waals surface area contributed by atoms with E-state index in [0.29, 0.717) is 33.8 Å². The van der Waals surface area contributed by atoms with Crippen LogP contribution in [0.15, 0.2) is 182 Å². The summed E-state index contributed by atoms with van der Waals surface area (Å²) in [5, 5.41) is 11.8. The lowest BCUT2D eigenvalue weighted by atomic mass is 9.97. The van der Waals surface area contributed by atoms with Crippen molar-refractivity contribution in [3.63, 3.8) is 0 Å². The van der Waals surface area contributed by atoms with Gasteiger partial charge in [0.05, 0.1) is 51.7 Å². The maximum absolute atomic E-state index is 14.9. The normalized spacial score (nSPS) is 12.1. The fourth-order valence-corrected chi connectivity index (χ4v) is 8.29. The van der Waals surface area contributed by atoms with Crippen molar-refractivity contribution in [2.45, 2.75) is 0 Å². The second-order valence-corrected chi connectivity index (χ2v) is 14.2. The second-order valence-electron chi connectivity index (χ2n) is 14.2. The monoisotopic (exact) mass is 742 g/mol. The summed E-state index contributed by atoms with van der Waals surface area (Å²) in [5.74, 6) is -0.794. The van der Waals surface area contributed by atoms with Crippen LogP contribution in [0.5, 0.6) is 0 Å². The van der Waals surface area contributed by atoms with Gasteiger partial charge in [0.2, 0.25) is 0 Å². The number of amides is 2. The standard InChI is InChI=1S/C52H30N4O2/c1-54-46-21-11-10-19-42(46)36-24-26-48-45(31-36)44-30-35(41-18-9-8-17-37(41)32-53)23-25-47(44)56(48)49-22-12-20-43-50(49)52(58)55(51(43)57)40-28-38(33-13-4-2-5-14-33)27-39(29-40)34-15-6-3-7-16-34/h2-31H. The van der Waals surface area contributed by atoms with E-state index in [1.165, 1.54) is 4.90 Å². The van der Waals surface area contributed by atoms with E-state index in [9.17, 15) is 14.9 Å². The highest BCUT2D eigenvalue weighted by Crippen LogP contribution is 2.42. The van der Waals surface area contributed by atoms with Crippen LogP contribution in [0.4, 0.5) is 11.4 Å². The van der Waals surface area contributed by atoms with Crippen LogP contribution in [0.25, 0.3) is 76.8 Å². The molecule has 2 amide bonds. The maximum Gasteiger partial charge on any atom is 0.268 e. The number of benzene rings is 8. The molecule has 0 saturated carbocycles. The highest BCUT2D eigenvalue weighted by atomic mass is 16.2. The van der Waals surface area contributed by atoms with Crippen molar-refractivity contribution in [3.05, 3.63) is 210 Å². The van der Waals surface area contributed by atoms with E-state index in [4.69, 9.17) is 6.57 Å². The van der Waals surface area contributed by atoms with Crippen molar-refractivity contribution in [3.8, 4) is 56.3 Å². The van der Waals surface area contributed by atoms with Crippen LogP contribution < -0.4 is 4.90 Å². The summed E-state index contributed by atoms with van der Waals surface area (Å²) in [6.45, 7) is 7.83. The summed E-state index contributed by atoms with van der Waals surface area (Å²) >= 11 is 0. The number of imide groups is 1. The fraction of sp³-hybridized carbons (Fsp3) is 0. The van der Waals surface area contributed by atoms with Crippen LogP contribution in [-0.4, -0.2) is 16.4 Å². The number of nitrogens with zero attached hydrogens (tertiary/aromatic N) is 4. The molecule has 10 rings (SSSR count). The van der Waals surface area contributed by atoms with Gasteiger partial charge in [0, 0.05) is 10.8 Å². The lowest BCUT2D eigenvalue weighted by molar-refractivity contribution is 0.0926. The molecule has 0 N–H and O–H groups in total. The summed E-state index contributed by atoms with van der Waals surface area (Å²) in [4.78, 5) is 34.6. The summed E-state index contributed by atoms with van der Waals surface area (Å²) in [6.07, 6.45) is 0. The highest BCUT2D eigenvalue weighted by Gasteiger charge is 2.39. The van der Waals surface area contributed by atoms with Gasteiger partial charge in [-0.05, 0) is 105 Å². The second kappa shape index (κ2) is 13.8. The van der Waals surface area contributed by atoms with Crippen LogP contribution in [-0.2, 0) is 0 Å². The van der Waals surface area contributed by atoms with Gasteiger partial charge in [-0.15, -0.1) is 0 Å². The van der Waals surface area contributed by atoms with Crippen molar-refractivity contribution in [1.82, 2.24) is 4.57 Å². The van der Waals surface area contributed by atoms with E-state index < -0.39 is 5.91 Å². The van der Waals surface area contributed by atoms with E-state index in [1.807, 2.05) is 158 Å². The van der Waals surface area contributed by atoms with E-state index in [0.717, 1.165) is 66.3 Å². The smallest absolute Gasteiger partial charge is 0.268 e. The SMILES string of the molecule is [C-]#[N+]c1ccccc1-c1ccc2c(c1)c1cc(-c3ccccc3C#N)ccc1n2-c1cccc2c1C(=O)N(c1cc(-c3ccccc3)cc(-c3ccccc3)c1)C2=O. The van der Waals surface area contributed by atoms with Crippen molar-refractivity contribution in [1.29, 1.82) is 5.26 Å². The molecule has 0 spiro atoms. The Morgan fingerprint density at radius 3 is 1.66 bits per heavy atom. The number of hydrogen-bond acceptors (Lipinski definition) is 3. The van der Waals surface area contributed by atoms with Gasteiger partial charge in [-0.25, -0.2) is 9.74 Å². The Hall–Kier alpha value is -8.32. The first-order valence-electron chi connectivity index (χ1n) is 18.8. The number of hydrogen-bond donors (Lipinski definition) is 0. The molecule has 1 aromatic heterocycles. The Bertz CT molecular complexity index is 3070. The molecule has 1 aliphatic heterocycles. The minimum absolute atomic E-state index is 0.319.